The summed E-state index contributed by atoms with van der Waals surface area (Å²) >= 11 is 0. The third-order valence-electron chi connectivity index (χ3n) is 2.78. The summed E-state index contributed by atoms with van der Waals surface area (Å²) in [4.78, 5) is 0. The van der Waals surface area contributed by atoms with Gasteiger partial charge in [-0.1, -0.05) is 18.2 Å². The summed E-state index contributed by atoms with van der Waals surface area (Å²) in [7, 11) is 0. The van der Waals surface area contributed by atoms with Crippen LogP contribution in [0.3, 0.4) is 0 Å². The third-order valence-corrected chi connectivity index (χ3v) is 2.78. The van der Waals surface area contributed by atoms with Gasteiger partial charge in [0.05, 0.1) is 6.07 Å². The van der Waals surface area contributed by atoms with E-state index in [0.717, 1.165) is 36.2 Å². The number of anilines is 1. The van der Waals surface area contributed by atoms with Crippen LogP contribution < -0.4 is 5.32 Å². The zero-order valence-electron chi connectivity index (χ0n) is 8.88. The Morgan fingerprint density at radius 3 is 2.80 bits per heavy atom. The maximum Gasteiger partial charge on any atom is 0.0965 e. The lowest BCUT2D eigenvalue weighted by molar-refractivity contribution is 0.901. The predicted molar refractivity (Wildman–Crippen MR) is 61.3 cm³/mol. The molecule has 0 saturated heterocycles. The van der Waals surface area contributed by atoms with Crippen LogP contribution in [0.1, 0.15) is 24.8 Å². The molecule has 0 aromatic heterocycles. The van der Waals surface area contributed by atoms with Crippen molar-refractivity contribution in [3.05, 3.63) is 41.1 Å². The molecule has 1 aromatic carbocycles. The Hall–Kier alpha value is -1.75. The molecule has 1 aromatic rings. The Morgan fingerprint density at radius 1 is 1.27 bits per heavy atom. The minimum atomic E-state index is 0.915. The largest absolute Gasteiger partial charge is 0.358 e. The zero-order valence-corrected chi connectivity index (χ0v) is 8.88. The molecule has 1 aliphatic carbocycles. The number of hydrogen-bond acceptors (Lipinski definition) is 2. The number of para-hydroxylation sites is 1. The molecule has 1 N–H and O–H groups in total. The summed E-state index contributed by atoms with van der Waals surface area (Å²) in [6.07, 6.45) is 3.01. The van der Waals surface area contributed by atoms with E-state index < -0.39 is 0 Å². The normalized spacial score (nSPS) is 15.2. The van der Waals surface area contributed by atoms with E-state index in [2.05, 4.69) is 30.4 Å². The number of benzene rings is 1. The summed E-state index contributed by atoms with van der Waals surface area (Å²) in [6, 6.07) is 10.4. The Morgan fingerprint density at radius 2 is 2.07 bits per heavy atom. The van der Waals surface area contributed by atoms with Crippen LogP contribution >= 0.6 is 0 Å². The molecular weight excluding hydrogens is 184 g/mol. The summed E-state index contributed by atoms with van der Waals surface area (Å²) < 4.78 is 0. The van der Waals surface area contributed by atoms with Crippen molar-refractivity contribution in [1.29, 1.82) is 5.26 Å². The predicted octanol–water partition coefficient (Wildman–Crippen LogP) is 3.37. The van der Waals surface area contributed by atoms with Gasteiger partial charge in [-0.3, -0.25) is 0 Å². The lowest BCUT2D eigenvalue weighted by Gasteiger charge is -2.10. The van der Waals surface area contributed by atoms with Crippen LogP contribution in [0.4, 0.5) is 5.69 Å². The van der Waals surface area contributed by atoms with Gasteiger partial charge in [0.2, 0.25) is 0 Å². The SMILES string of the molecule is Cc1ccccc1NC1=C(C#N)CCC1. The summed E-state index contributed by atoms with van der Waals surface area (Å²) in [5.41, 5.74) is 4.35. The van der Waals surface area contributed by atoms with Crippen molar-refractivity contribution < 1.29 is 0 Å². The molecule has 0 radical (unpaired) electrons. The van der Waals surface area contributed by atoms with E-state index in [0.29, 0.717) is 0 Å². The summed E-state index contributed by atoms with van der Waals surface area (Å²) in [5.74, 6) is 0. The van der Waals surface area contributed by atoms with Gasteiger partial charge in [0.15, 0.2) is 0 Å². The second kappa shape index (κ2) is 4.18. The molecule has 0 aliphatic heterocycles. The number of nitrogens with zero attached hydrogens (tertiary/aromatic N) is 1. The van der Waals surface area contributed by atoms with Gasteiger partial charge in [-0.25, -0.2) is 0 Å². The highest BCUT2D eigenvalue weighted by Gasteiger charge is 2.14. The third kappa shape index (κ3) is 2.02. The number of nitriles is 1. The fraction of sp³-hybridized carbons (Fsp3) is 0.308. The number of rotatable bonds is 2. The topological polar surface area (TPSA) is 35.8 Å². The van der Waals surface area contributed by atoms with Crippen molar-refractivity contribution in [2.45, 2.75) is 26.2 Å². The van der Waals surface area contributed by atoms with Crippen LogP contribution in [0, 0.1) is 18.3 Å². The molecule has 0 bridgehead atoms. The number of allylic oxidation sites excluding steroid dienone is 2. The Labute approximate surface area is 90.2 Å². The first kappa shape index (κ1) is 9.79. The van der Waals surface area contributed by atoms with Crippen LogP contribution in [-0.2, 0) is 0 Å². The van der Waals surface area contributed by atoms with Crippen molar-refractivity contribution in [2.75, 3.05) is 5.32 Å². The first-order valence-electron chi connectivity index (χ1n) is 5.26. The van der Waals surface area contributed by atoms with Crippen LogP contribution in [0.15, 0.2) is 35.5 Å². The van der Waals surface area contributed by atoms with Gasteiger partial charge >= 0.3 is 0 Å². The molecule has 0 saturated carbocycles. The monoisotopic (exact) mass is 198 g/mol. The highest BCUT2D eigenvalue weighted by molar-refractivity contribution is 5.56. The van der Waals surface area contributed by atoms with E-state index in [1.54, 1.807) is 0 Å². The molecule has 0 amide bonds. The van der Waals surface area contributed by atoms with Crippen molar-refractivity contribution in [1.82, 2.24) is 0 Å². The molecule has 0 heterocycles. The molecule has 0 spiro atoms. The highest BCUT2D eigenvalue weighted by atomic mass is 14.9. The van der Waals surface area contributed by atoms with Crippen molar-refractivity contribution >= 4 is 5.69 Å². The molecule has 15 heavy (non-hydrogen) atoms. The highest BCUT2D eigenvalue weighted by Crippen LogP contribution is 2.27. The number of aryl methyl sites for hydroxylation is 1. The van der Waals surface area contributed by atoms with E-state index in [4.69, 9.17) is 5.26 Å². The maximum atomic E-state index is 8.94. The molecule has 0 fully saturated rings. The van der Waals surface area contributed by atoms with Crippen LogP contribution in [0.25, 0.3) is 0 Å². The maximum absolute atomic E-state index is 8.94. The van der Waals surface area contributed by atoms with Crippen molar-refractivity contribution in [3.63, 3.8) is 0 Å². The van der Waals surface area contributed by atoms with Gasteiger partial charge in [0, 0.05) is 17.0 Å². The van der Waals surface area contributed by atoms with Gasteiger partial charge in [-0.2, -0.15) is 5.26 Å². The lowest BCUT2D eigenvalue weighted by Crippen LogP contribution is -2.00. The first-order chi connectivity index (χ1) is 7.31. The average molecular weight is 198 g/mol. The fourth-order valence-electron chi connectivity index (χ4n) is 1.88. The summed E-state index contributed by atoms with van der Waals surface area (Å²) in [6.45, 7) is 2.07. The molecule has 0 atom stereocenters. The van der Waals surface area contributed by atoms with Gasteiger partial charge in [0.25, 0.3) is 0 Å². The summed E-state index contributed by atoms with van der Waals surface area (Å²) in [5, 5.41) is 12.3. The number of hydrogen-bond donors (Lipinski definition) is 1. The first-order valence-corrected chi connectivity index (χ1v) is 5.26. The molecule has 1 aliphatic rings. The van der Waals surface area contributed by atoms with Gasteiger partial charge in [-0.15, -0.1) is 0 Å². The molecule has 2 heteroatoms. The average Bonchev–Trinajstić information content (AvgIpc) is 2.69. The lowest BCUT2D eigenvalue weighted by atomic mass is 10.2. The van der Waals surface area contributed by atoms with Crippen molar-refractivity contribution in [3.8, 4) is 6.07 Å². The van der Waals surface area contributed by atoms with Gasteiger partial charge in [0.1, 0.15) is 0 Å². The van der Waals surface area contributed by atoms with E-state index in [1.807, 2.05) is 12.1 Å². The molecule has 76 valence electrons. The minimum absolute atomic E-state index is 0.915. The van der Waals surface area contributed by atoms with E-state index in [-0.39, 0.29) is 0 Å². The quantitative estimate of drug-likeness (QED) is 0.790. The van der Waals surface area contributed by atoms with E-state index >= 15 is 0 Å². The van der Waals surface area contributed by atoms with Crippen LogP contribution in [0.5, 0.6) is 0 Å². The fourth-order valence-corrected chi connectivity index (χ4v) is 1.88. The molecular formula is C13H14N2. The second-order valence-electron chi connectivity index (χ2n) is 3.86. The Bertz CT molecular complexity index is 438. The Balaban J connectivity index is 2.23. The minimum Gasteiger partial charge on any atom is -0.358 e. The van der Waals surface area contributed by atoms with Crippen LogP contribution in [-0.4, -0.2) is 0 Å². The smallest absolute Gasteiger partial charge is 0.0965 e. The number of nitrogens with one attached hydrogen (secondary N) is 1. The van der Waals surface area contributed by atoms with Crippen LogP contribution in [0.2, 0.25) is 0 Å². The Kier molecular flexibility index (Phi) is 2.73. The standard InChI is InChI=1S/C13H14N2/c1-10-5-2-3-7-12(10)15-13-8-4-6-11(13)9-14/h2-3,5,7,15H,4,6,8H2,1H3. The van der Waals surface area contributed by atoms with Gasteiger partial charge in [-0.05, 0) is 37.8 Å². The second-order valence-corrected chi connectivity index (χ2v) is 3.86. The molecule has 2 rings (SSSR count). The van der Waals surface area contributed by atoms with E-state index in [1.165, 1.54) is 5.56 Å². The molecule has 0 unspecified atom stereocenters. The molecule has 2 nitrogen and oxygen atoms in total. The van der Waals surface area contributed by atoms with E-state index in [9.17, 15) is 0 Å². The van der Waals surface area contributed by atoms with Gasteiger partial charge < -0.3 is 5.32 Å². The zero-order chi connectivity index (χ0) is 10.7. The van der Waals surface area contributed by atoms with Crippen molar-refractivity contribution in [2.24, 2.45) is 0 Å².